The number of anilines is 1. The van der Waals surface area contributed by atoms with E-state index in [9.17, 15) is 9.59 Å². The van der Waals surface area contributed by atoms with Crippen molar-refractivity contribution in [2.75, 3.05) is 11.1 Å². The highest BCUT2D eigenvalue weighted by Crippen LogP contribution is 2.23. The van der Waals surface area contributed by atoms with E-state index in [-0.39, 0.29) is 22.3 Å². The van der Waals surface area contributed by atoms with Crippen LogP contribution in [0, 0.1) is 0 Å². The molecular formula is C23H17BrClN5O2S2. The fourth-order valence-electron chi connectivity index (χ4n) is 3.03. The molecule has 0 fully saturated rings. The van der Waals surface area contributed by atoms with E-state index in [0.717, 1.165) is 21.9 Å². The minimum Gasteiger partial charge on any atom is -0.331 e. The van der Waals surface area contributed by atoms with Crippen molar-refractivity contribution < 1.29 is 4.79 Å². The smallest absolute Gasteiger partial charge is 0.266 e. The molecule has 0 aliphatic carbocycles. The van der Waals surface area contributed by atoms with E-state index in [1.165, 1.54) is 4.57 Å². The number of hydrazine groups is 1. The number of carbonyl (C=O) groups is 1. The summed E-state index contributed by atoms with van der Waals surface area (Å²) < 4.78 is 2.42. The maximum Gasteiger partial charge on any atom is 0.266 e. The average molecular weight is 575 g/mol. The number of benzene rings is 3. The molecule has 0 bridgehead atoms. The van der Waals surface area contributed by atoms with Gasteiger partial charge in [0.2, 0.25) is 5.91 Å². The lowest BCUT2D eigenvalue weighted by Gasteiger charge is -2.14. The van der Waals surface area contributed by atoms with Gasteiger partial charge in [-0.25, -0.2) is 4.98 Å². The van der Waals surface area contributed by atoms with Gasteiger partial charge < -0.3 is 5.32 Å². The van der Waals surface area contributed by atoms with E-state index < -0.39 is 0 Å². The number of rotatable bonds is 5. The van der Waals surface area contributed by atoms with Gasteiger partial charge in [-0.15, -0.1) is 0 Å². The van der Waals surface area contributed by atoms with Crippen LogP contribution in [0.3, 0.4) is 0 Å². The molecule has 172 valence electrons. The van der Waals surface area contributed by atoms with Crippen LogP contribution >= 0.6 is 51.5 Å². The summed E-state index contributed by atoms with van der Waals surface area (Å²) in [7, 11) is 0. The summed E-state index contributed by atoms with van der Waals surface area (Å²) in [6.45, 7) is 0. The predicted octanol–water partition coefficient (Wildman–Crippen LogP) is 4.91. The third-order valence-corrected chi connectivity index (χ3v) is 6.47. The van der Waals surface area contributed by atoms with Gasteiger partial charge in [-0.1, -0.05) is 57.5 Å². The topological polar surface area (TPSA) is 88.0 Å². The average Bonchev–Trinajstić information content (AvgIpc) is 2.84. The lowest BCUT2D eigenvalue weighted by molar-refractivity contribution is -0.119. The SMILES string of the molecule is O=C(CSc1nc2ccc(Cl)cc2c(=O)n1-c1ccccc1)NNC(=S)Nc1ccc(Br)cc1. The zero-order chi connectivity index (χ0) is 24.1. The van der Waals surface area contributed by atoms with Crippen molar-refractivity contribution in [2.45, 2.75) is 5.16 Å². The van der Waals surface area contributed by atoms with Crippen molar-refractivity contribution in [3.05, 3.63) is 92.6 Å². The number of aromatic nitrogens is 2. The van der Waals surface area contributed by atoms with Crippen LogP contribution in [0.25, 0.3) is 16.6 Å². The second kappa shape index (κ2) is 11.0. The fourth-order valence-corrected chi connectivity index (χ4v) is 4.45. The lowest BCUT2D eigenvalue weighted by atomic mass is 10.2. The van der Waals surface area contributed by atoms with Gasteiger partial charge in [-0.05, 0) is 66.8 Å². The van der Waals surface area contributed by atoms with Gasteiger partial charge in [0.05, 0.1) is 22.3 Å². The quantitative estimate of drug-likeness (QED) is 0.135. The van der Waals surface area contributed by atoms with Gasteiger partial charge in [-0.3, -0.25) is 25.0 Å². The first-order valence-electron chi connectivity index (χ1n) is 9.92. The molecule has 0 atom stereocenters. The number of fused-ring (bicyclic) bond motifs is 1. The Balaban J connectivity index is 1.47. The van der Waals surface area contributed by atoms with Crippen LogP contribution in [-0.2, 0) is 4.79 Å². The number of halogens is 2. The second-order valence-corrected chi connectivity index (χ2v) is 9.66. The standard InChI is InChI=1S/C23H17BrClN5O2S2/c24-14-6-9-16(10-7-14)26-22(33)29-28-20(31)13-34-23-27-19-11-8-15(25)12-18(19)21(32)30(23)17-4-2-1-3-5-17/h1-12H,13H2,(H,28,31)(H2,26,29,33). The van der Waals surface area contributed by atoms with E-state index >= 15 is 0 Å². The third kappa shape index (κ3) is 5.95. The van der Waals surface area contributed by atoms with Gasteiger partial charge >= 0.3 is 0 Å². The number of hydrogen-bond donors (Lipinski definition) is 3. The highest BCUT2D eigenvalue weighted by atomic mass is 79.9. The Morgan fingerprint density at radius 1 is 1.06 bits per heavy atom. The summed E-state index contributed by atoms with van der Waals surface area (Å²) in [5, 5.41) is 4.44. The molecule has 0 aliphatic rings. The lowest BCUT2D eigenvalue weighted by Crippen LogP contribution is -2.44. The number of thiocarbonyl (C=S) groups is 1. The predicted molar refractivity (Wildman–Crippen MR) is 145 cm³/mol. The molecule has 0 saturated heterocycles. The van der Waals surface area contributed by atoms with Crippen molar-refractivity contribution in [1.82, 2.24) is 20.4 Å². The molecule has 34 heavy (non-hydrogen) atoms. The molecule has 4 aromatic rings. The summed E-state index contributed by atoms with van der Waals surface area (Å²) >= 11 is 15.8. The van der Waals surface area contributed by atoms with Gasteiger partial charge in [-0.2, -0.15) is 0 Å². The Morgan fingerprint density at radius 3 is 2.53 bits per heavy atom. The Bertz CT molecular complexity index is 1420. The Kier molecular flexibility index (Phi) is 7.84. The zero-order valence-electron chi connectivity index (χ0n) is 17.4. The molecular weight excluding hydrogens is 558 g/mol. The third-order valence-electron chi connectivity index (χ3n) is 4.56. The van der Waals surface area contributed by atoms with Crippen molar-refractivity contribution in [1.29, 1.82) is 0 Å². The second-order valence-electron chi connectivity index (χ2n) is 6.95. The Morgan fingerprint density at radius 2 is 1.79 bits per heavy atom. The molecule has 0 aliphatic heterocycles. The van der Waals surface area contributed by atoms with Crippen molar-refractivity contribution in [3.63, 3.8) is 0 Å². The fraction of sp³-hybridized carbons (Fsp3) is 0.0435. The Labute approximate surface area is 218 Å². The summed E-state index contributed by atoms with van der Waals surface area (Å²) in [5.74, 6) is -0.332. The molecule has 0 unspecified atom stereocenters. The van der Waals surface area contributed by atoms with E-state index in [1.807, 2.05) is 42.5 Å². The molecule has 1 amide bonds. The number of thioether (sulfide) groups is 1. The van der Waals surface area contributed by atoms with Crippen LogP contribution in [0.4, 0.5) is 5.69 Å². The van der Waals surface area contributed by atoms with Crippen molar-refractivity contribution >= 4 is 79.1 Å². The number of nitrogens with one attached hydrogen (secondary N) is 3. The van der Waals surface area contributed by atoms with E-state index in [2.05, 4.69) is 37.1 Å². The van der Waals surface area contributed by atoms with Crippen molar-refractivity contribution in [3.8, 4) is 5.69 Å². The molecule has 4 rings (SSSR count). The maximum atomic E-state index is 13.3. The number of hydrogen-bond acceptors (Lipinski definition) is 5. The maximum absolute atomic E-state index is 13.3. The molecule has 3 aromatic carbocycles. The minimum atomic E-state index is -0.338. The highest BCUT2D eigenvalue weighted by Gasteiger charge is 2.15. The van der Waals surface area contributed by atoms with Crippen LogP contribution in [-0.4, -0.2) is 26.3 Å². The van der Waals surface area contributed by atoms with Crippen LogP contribution < -0.4 is 21.7 Å². The summed E-state index contributed by atoms with van der Waals surface area (Å²) in [6, 6.07) is 21.5. The highest BCUT2D eigenvalue weighted by molar-refractivity contribution is 9.10. The van der Waals surface area contributed by atoms with Gasteiger partial charge in [0.15, 0.2) is 10.3 Å². The largest absolute Gasteiger partial charge is 0.331 e. The molecule has 0 spiro atoms. The number of para-hydroxylation sites is 1. The normalized spacial score (nSPS) is 10.6. The zero-order valence-corrected chi connectivity index (χ0v) is 21.4. The number of nitrogens with zero attached hydrogens (tertiary/aromatic N) is 2. The first kappa shape index (κ1) is 24.2. The van der Waals surface area contributed by atoms with Crippen LogP contribution in [0.5, 0.6) is 0 Å². The van der Waals surface area contributed by atoms with E-state index in [4.69, 9.17) is 23.8 Å². The van der Waals surface area contributed by atoms with Crippen LogP contribution in [0.1, 0.15) is 0 Å². The Hall–Kier alpha value is -2.92. The molecule has 0 radical (unpaired) electrons. The molecule has 3 N–H and O–H groups in total. The van der Waals surface area contributed by atoms with Gasteiger partial charge in [0, 0.05) is 15.2 Å². The summed E-state index contributed by atoms with van der Waals surface area (Å²) in [6.07, 6.45) is 0. The first-order valence-corrected chi connectivity index (χ1v) is 12.5. The monoisotopic (exact) mass is 573 g/mol. The van der Waals surface area contributed by atoms with Gasteiger partial charge in [0.25, 0.3) is 5.56 Å². The molecule has 11 heteroatoms. The van der Waals surface area contributed by atoms with Crippen molar-refractivity contribution in [2.24, 2.45) is 0 Å². The van der Waals surface area contributed by atoms with E-state index in [0.29, 0.717) is 26.8 Å². The molecule has 7 nitrogen and oxygen atoms in total. The summed E-state index contributed by atoms with van der Waals surface area (Å²) in [5.41, 5.74) is 6.87. The van der Waals surface area contributed by atoms with Crippen LogP contribution in [0.2, 0.25) is 5.02 Å². The minimum absolute atomic E-state index is 0.00622. The number of carbonyl (C=O) groups excluding carboxylic acids is 1. The summed E-state index contributed by atoms with van der Waals surface area (Å²) in [4.78, 5) is 30.3. The van der Waals surface area contributed by atoms with Crippen LogP contribution in [0.15, 0.2) is 87.2 Å². The molecule has 0 saturated carbocycles. The first-order chi connectivity index (χ1) is 16.4. The number of amides is 1. The molecule has 1 heterocycles. The van der Waals surface area contributed by atoms with Gasteiger partial charge in [0.1, 0.15) is 0 Å². The van der Waals surface area contributed by atoms with E-state index in [1.54, 1.807) is 30.3 Å². The molecule has 1 aromatic heterocycles.